The molecule has 0 spiro atoms. The van der Waals surface area contributed by atoms with Crippen LogP contribution >= 0.6 is 0 Å². The van der Waals surface area contributed by atoms with E-state index in [1.165, 1.54) is 10.6 Å². The molecule has 0 saturated heterocycles. The maximum absolute atomic E-state index is 11.4. The topological polar surface area (TPSA) is 54.0 Å². The number of hydrogen-bond acceptors (Lipinski definition) is 2. The van der Waals surface area contributed by atoms with Gasteiger partial charge in [0.05, 0.1) is 0 Å². The van der Waals surface area contributed by atoms with E-state index in [0.717, 1.165) is 5.69 Å². The van der Waals surface area contributed by atoms with Gasteiger partial charge < -0.3 is 4.98 Å². The molecule has 5 nitrogen and oxygen atoms in total. The predicted octanol–water partition coefficient (Wildman–Crippen LogP) is -0.844. The smallest absolute Gasteiger partial charge is 0.305 e. The third kappa shape index (κ3) is 0.827. The number of aromatic amines is 1. The molecule has 0 fully saturated rings. The van der Waals surface area contributed by atoms with Crippen molar-refractivity contribution >= 4 is 5.78 Å². The fourth-order valence-electron chi connectivity index (χ4n) is 1.20. The van der Waals surface area contributed by atoms with Gasteiger partial charge in [0.25, 0.3) is 5.56 Å². The standard InChI is InChI=1S/C7H8N4O/c1-5-3-6(12)11-7(9-5)8-4-10(11)2/h3-4H,1-2H3/p+1. The van der Waals surface area contributed by atoms with E-state index in [2.05, 4.69) is 9.97 Å². The van der Waals surface area contributed by atoms with Crippen LogP contribution in [-0.2, 0) is 7.05 Å². The van der Waals surface area contributed by atoms with Gasteiger partial charge in [0.2, 0.25) is 0 Å². The van der Waals surface area contributed by atoms with Crippen molar-refractivity contribution in [3.8, 4) is 0 Å². The Bertz CT molecular complexity index is 482. The average molecular weight is 165 g/mol. The summed E-state index contributed by atoms with van der Waals surface area (Å²) in [5.74, 6) is 0.572. The summed E-state index contributed by atoms with van der Waals surface area (Å²) in [5.41, 5.74) is 0.750. The van der Waals surface area contributed by atoms with Crippen LogP contribution in [0.5, 0.6) is 0 Å². The van der Waals surface area contributed by atoms with Crippen molar-refractivity contribution in [3.05, 3.63) is 28.4 Å². The van der Waals surface area contributed by atoms with Crippen LogP contribution in [0.4, 0.5) is 0 Å². The Morgan fingerprint density at radius 1 is 1.67 bits per heavy atom. The highest BCUT2D eigenvalue weighted by molar-refractivity contribution is 5.23. The van der Waals surface area contributed by atoms with Gasteiger partial charge >= 0.3 is 12.1 Å². The van der Waals surface area contributed by atoms with Gasteiger partial charge in [0.1, 0.15) is 7.05 Å². The molecule has 12 heavy (non-hydrogen) atoms. The molecule has 0 aliphatic rings. The molecule has 2 rings (SSSR count). The molecule has 0 aliphatic carbocycles. The first kappa shape index (κ1) is 7.02. The van der Waals surface area contributed by atoms with E-state index in [4.69, 9.17) is 0 Å². The molecule has 2 heterocycles. The van der Waals surface area contributed by atoms with E-state index in [1.54, 1.807) is 18.1 Å². The Hall–Kier alpha value is -1.65. The second kappa shape index (κ2) is 2.17. The number of aromatic nitrogens is 4. The molecule has 2 aromatic rings. The molecule has 0 radical (unpaired) electrons. The second-order valence-electron chi connectivity index (χ2n) is 2.74. The lowest BCUT2D eigenvalue weighted by Gasteiger charge is -1.91. The minimum Gasteiger partial charge on any atom is -0.305 e. The number of nitrogens with one attached hydrogen (secondary N) is 1. The molecular formula is C7H9N4O+. The lowest BCUT2D eigenvalue weighted by atomic mass is 10.5. The van der Waals surface area contributed by atoms with Crippen molar-refractivity contribution in [2.45, 2.75) is 6.92 Å². The zero-order valence-corrected chi connectivity index (χ0v) is 6.90. The first-order valence-corrected chi connectivity index (χ1v) is 3.62. The summed E-state index contributed by atoms with van der Waals surface area (Å²) in [4.78, 5) is 18.4. The van der Waals surface area contributed by atoms with E-state index >= 15 is 0 Å². The Balaban J connectivity index is 3.03. The van der Waals surface area contributed by atoms with Crippen LogP contribution in [0.15, 0.2) is 17.2 Å². The van der Waals surface area contributed by atoms with Gasteiger partial charge in [-0.1, -0.05) is 4.52 Å². The summed E-state index contributed by atoms with van der Waals surface area (Å²) in [7, 11) is 1.77. The summed E-state index contributed by atoms with van der Waals surface area (Å²) < 4.78 is 3.10. The van der Waals surface area contributed by atoms with Crippen LogP contribution in [0, 0.1) is 6.92 Å². The first-order valence-electron chi connectivity index (χ1n) is 3.62. The molecule has 62 valence electrons. The van der Waals surface area contributed by atoms with Gasteiger partial charge in [0.15, 0.2) is 0 Å². The number of H-pyrrole nitrogens is 1. The van der Waals surface area contributed by atoms with Crippen LogP contribution in [0.1, 0.15) is 5.69 Å². The van der Waals surface area contributed by atoms with Crippen molar-refractivity contribution in [3.63, 3.8) is 0 Å². The maximum atomic E-state index is 11.4. The Labute approximate surface area is 68.3 Å². The number of hydrogen-bond donors (Lipinski definition) is 1. The number of aryl methyl sites for hydroxylation is 2. The Morgan fingerprint density at radius 2 is 2.42 bits per heavy atom. The zero-order valence-electron chi connectivity index (χ0n) is 6.90. The monoisotopic (exact) mass is 165 g/mol. The summed E-state index contributed by atoms with van der Waals surface area (Å²) in [6.45, 7) is 1.83. The zero-order chi connectivity index (χ0) is 8.72. The van der Waals surface area contributed by atoms with Gasteiger partial charge in [-0.05, 0) is 11.9 Å². The van der Waals surface area contributed by atoms with Crippen LogP contribution in [-0.4, -0.2) is 14.5 Å². The van der Waals surface area contributed by atoms with Gasteiger partial charge in [-0.3, -0.25) is 4.79 Å². The molecule has 0 amide bonds. The second-order valence-corrected chi connectivity index (χ2v) is 2.74. The van der Waals surface area contributed by atoms with E-state index in [0.29, 0.717) is 5.78 Å². The van der Waals surface area contributed by atoms with E-state index < -0.39 is 0 Å². The first-order chi connectivity index (χ1) is 5.68. The van der Waals surface area contributed by atoms with Crippen LogP contribution in [0.3, 0.4) is 0 Å². The summed E-state index contributed by atoms with van der Waals surface area (Å²) in [5, 5.41) is 0. The molecule has 0 atom stereocenters. The van der Waals surface area contributed by atoms with Crippen LogP contribution in [0.2, 0.25) is 0 Å². The third-order valence-corrected chi connectivity index (χ3v) is 1.72. The van der Waals surface area contributed by atoms with Crippen molar-refractivity contribution in [1.82, 2.24) is 14.5 Å². The molecule has 2 aromatic heterocycles. The maximum Gasteiger partial charge on any atom is 0.362 e. The van der Waals surface area contributed by atoms with Crippen LogP contribution in [0.25, 0.3) is 5.78 Å². The largest absolute Gasteiger partial charge is 0.362 e. The summed E-state index contributed by atoms with van der Waals surface area (Å²) in [6.07, 6.45) is 1.59. The minimum absolute atomic E-state index is 0.0683. The fraction of sp³-hybridized carbons (Fsp3) is 0.286. The van der Waals surface area contributed by atoms with E-state index in [1.807, 2.05) is 6.92 Å². The van der Waals surface area contributed by atoms with E-state index in [9.17, 15) is 4.79 Å². The highest BCUT2D eigenvalue weighted by atomic mass is 16.1. The van der Waals surface area contributed by atoms with Gasteiger partial charge in [-0.2, -0.15) is 0 Å². The predicted molar refractivity (Wildman–Crippen MR) is 41.7 cm³/mol. The molecule has 0 aromatic carbocycles. The summed E-state index contributed by atoms with van der Waals surface area (Å²) in [6, 6.07) is 1.54. The lowest BCUT2D eigenvalue weighted by molar-refractivity contribution is -0.740. The van der Waals surface area contributed by atoms with E-state index in [-0.39, 0.29) is 5.56 Å². The lowest BCUT2D eigenvalue weighted by Crippen LogP contribution is -2.40. The number of fused-ring (bicyclic) bond motifs is 1. The molecule has 1 N–H and O–H groups in total. The molecule has 0 saturated carbocycles. The highest BCUT2D eigenvalue weighted by Gasteiger charge is 2.09. The van der Waals surface area contributed by atoms with Gasteiger partial charge in [0, 0.05) is 11.8 Å². The molecular weight excluding hydrogens is 156 g/mol. The van der Waals surface area contributed by atoms with Gasteiger partial charge in [-0.15, -0.1) is 4.68 Å². The van der Waals surface area contributed by atoms with Crippen LogP contribution < -0.4 is 10.2 Å². The Morgan fingerprint density at radius 3 is 3.17 bits per heavy atom. The van der Waals surface area contributed by atoms with Crippen molar-refractivity contribution in [2.24, 2.45) is 7.05 Å². The molecule has 5 heteroatoms. The fourth-order valence-corrected chi connectivity index (χ4v) is 1.20. The van der Waals surface area contributed by atoms with Crippen molar-refractivity contribution in [2.75, 3.05) is 0 Å². The normalized spacial score (nSPS) is 10.8. The quantitative estimate of drug-likeness (QED) is 0.517. The minimum atomic E-state index is -0.0683. The highest BCUT2D eigenvalue weighted by Crippen LogP contribution is 1.88. The summed E-state index contributed by atoms with van der Waals surface area (Å²) >= 11 is 0. The molecule has 0 unspecified atom stereocenters. The molecule has 0 bridgehead atoms. The number of rotatable bonds is 0. The Kier molecular flexibility index (Phi) is 1.27. The number of nitrogens with zero attached hydrogens (tertiary/aromatic N) is 3. The van der Waals surface area contributed by atoms with Crippen molar-refractivity contribution in [1.29, 1.82) is 0 Å². The third-order valence-electron chi connectivity index (χ3n) is 1.72. The SMILES string of the molecule is Cc1cc(=O)n2c(nc[n+]2C)[nH]1. The average Bonchev–Trinajstić information content (AvgIpc) is 2.31. The van der Waals surface area contributed by atoms with Crippen molar-refractivity contribution < 1.29 is 4.68 Å². The molecule has 0 aliphatic heterocycles. The van der Waals surface area contributed by atoms with Gasteiger partial charge in [-0.25, -0.2) is 0 Å².